The standard InChI is InChI=1S/C35H49N5O2S/c1-21(2)37-32(41)35(7,20-39-14-12-36-13-15-39)29-27-19-28(34(5,6)33(42)40-25-8-9-26(40)11-10-25)43-31(27)38-30(29)24-17-22(3)16-23(4)18-24/h16-19,21,25-26,36,38H,8-15,20H2,1-7H3,(H,37,41). The number of amides is 2. The Morgan fingerprint density at radius 2 is 1.58 bits per heavy atom. The van der Waals surface area contributed by atoms with Crippen molar-refractivity contribution in [1.29, 1.82) is 0 Å². The highest BCUT2D eigenvalue weighted by atomic mass is 32.1. The van der Waals surface area contributed by atoms with Crippen LogP contribution < -0.4 is 10.6 Å². The summed E-state index contributed by atoms with van der Waals surface area (Å²) < 4.78 is 0. The van der Waals surface area contributed by atoms with Crippen LogP contribution in [0.15, 0.2) is 24.3 Å². The zero-order valence-electron chi connectivity index (χ0n) is 27.0. The number of fused-ring (bicyclic) bond motifs is 3. The summed E-state index contributed by atoms with van der Waals surface area (Å²) in [6.45, 7) is 18.9. The highest BCUT2D eigenvalue weighted by Crippen LogP contribution is 2.47. The van der Waals surface area contributed by atoms with Gasteiger partial charge in [-0.3, -0.25) is 14.5 Å². The van der Waals surface area contributed by atoms with Crippen LogP contribution in [-0.4, -0.2) is 77.4 Å². The quantitative estimate of drug-likeness (QED) is 0.312. The summed E-state index contributed by atoms with van der Waals surface area (Å²) in [5.74, 6) is 0.294. The van der Waals surface area contributed by atoms with Gasteiger partial charge in [-0.15, -0.1) is 11.3 Å². The maximum atomic E-state index is 14.3. The van der Waals surface area contributed by atoms with E-state index in [1.807, 2.05) is 13.8 Å². The number of thiophene rings is 1. The zero-order chi connectivity index (χ0) is 30.7. The van der Waals surface area contributed by atoms with Crippen LogP contribution >= 0.6 is 11.3 Å². The average molecular weight is 604 g/mol. The molecular formula is C35H49N5O2S. The molecule has 0 saturated carbocycles. The first-order valence-corrected chi connectivity index (χ1v) is 17.0. The smallest absolute Gasteiger partial charge is 0.233 e. The summed E-state index contributed by atoms with van der Waals surface area (Å²) in [6.07, 6.45) is 4.54. The van der Waals surface area contributed by atoms with Gasteiger partial charge in [-0.05, 0) is 97.9 Å². The van der Waals surface area contributed by atoms with Crippen molar-refractivity contribution in [1.82, 2.24) is 25.4 Å². The van der Waals surface area contributed by atoms with Crippen molar-refractivity contribution in [2.45, 2.75) is 103 Å². The number of hydrogen-bond donors (Lipinski definition) is 3. The van der Waals surface area contributed by atoms with Crippen molar-refractivity contribution in [3.63, 3.8) is 0 Å². The van der Waals surface area contributed by atoms with Gasteiger partial charge in [0.25, 0.3) is 0 Å². The third-order valence-corrected chi connectivity index (χ3v) is 11.4. The van der Waals surface area contributed by atoms with Crippen LogP contribution in [0, 0.1) is 13.8 Å². The molecule has 8 heteroatoms. The number of hydrogen-bond acceptors (Lipinski definition) is 5. The van der Waals surface area contributed by atoms with Crippen LogP contribution in [0.25, 0.3) is 21.5 Å². The van der Waals surface area contributed by atoms with E-state index in [9.17, 15) is 9.59 Å². The molecule has 2 amide bonds. The van der Waals surface area contributed by atoms with Crippen molar-refractivity contribution >= 4 is 33.4 Å². The first kappa shape index (κ1) is 30.4. The van der Waals surface area contributed by atoms with Gasteiger partial charge in [0.15, 0.2) is 0 Å². The van der Waals surface area contributed by atoms with Crippen LogP contribution in [0.3, 0.4) is 0 Å². The molecule has 3 N–H and O–H groups in total. The molecule has 0 spiro atoms. The van der Waals surface area contributed by atoms with Gasteiger partial charge in [0.1, 0.15) is 4.83 Å². The molecule has 1 unspecified atom stereocenters. The molecule has 1 atom stereocenters. The number of nitrogens with one attached hydrogen (secondary N) is 3. The lowest BCUT2D eigenvalue weighted by molar-refractivity contribution is -0.137. The molecule has 3 saturated heterocycles. The Bertz CT molecular complexity index is 1490. The molecule has 7 nitrogen and oxygen atoms in total. The van der Waals surface area contributed by atoms with E-state index in [-0.39, 0.29) is 17.9 Å². The van der Waals surface area contributed by atoms with Crippen LogP contribution in [0.5, 0.6) is 0 Å². The van der Waals surface area contributed by atoms with E-state index in [1.54, 1.807) is 11.3 Å². The zero-order valence-corrected chi connectivity index (χ0v) is 27.8. The monoisotopic (exact) mass is 603 g/mol. The summed E-state index contributed by atoms with van der Waals surface area (Å²) in [4.78, 5) is 39.0. The third kappa shape index (κ3) is 5.44. The number of carbonyl (C=O) groups excluding carboxylic acids is 2. The van der Waals surface area contributed by atoms with E-state index >= 15 is 0 Å². The number of aromatic nitrogens is 1. The molecular weight excluding hydrogens is 554 g/mol. The summed E-state index contributed by atoms with van der Waals surface area (Å²) >= 11 is 1.68. The molecule has 2 bridgehead atoms. The molecule has 6 rings (SSSR count). The number of benzene rings is 1. The van der Waals surface area contributed by atoms with E-state index in [4.69, 9.17) is 0 Å². The van der Waals surface area contributed by atoms with Gasteiger partial charge in [-0.25, -0.2) is 0 Å². The lowest BCUT2D eigenvalue weighted by atomic mass is 9.77. The molecule has 2 aromatic heterocycles. The SMILES string of the molecule is Cc1cc(C)cc(-c2[nH]c3sc(C(C)(C)C(=O)N4C5CCC4CC5)cc3c2C(C)(CN2CCNCC2)C(=O)NC(C)C)c1. The predicted octanol–water partition coefficient (Wildman–Crippen LogP) is 5.63. The number of H-pyrrole nitrogens is 1. The molecule has 0 aliphatic carbocycles. The summed E-state index contributed by atoms with van der Waals surface area (Å²) in [5, 5.41) is 7.81. The van der Waals surface area contributed by atoms with Gasteiger partial charge in [-0.2, -0.15) is 0 Å². The Labute approximate surface area is 260 Å². The second-order valence-corrected chi connectivity index (χ2v) is 15.4. The van der Waals surface area contributed by atoms with Crippen molar-refractivity contribution in [3.8, 4) is 11.3 Å². The van der Waals surface area contributed by atoms with Crippen molar-refractivity contribution < 1.29 is 9.59 Å². The lowest BCUT2D eigenvalue weighted by Gasteiger charge is -2.37. The van der Waals surface area contributed by atoms with Crippen LogP contribution in [0.2, 0.25) is 0 Å². The van der Waals surface area contributed by atoms with Gasteiger partial charge in [0.2, 0.25) is 11.8 Å². The van der Waals surface area contributed by atoms with E-state index in [2.05, 4.69) is 84.3 Å². The summed E-state index contributed by atoms with van der Waals surface area (Å²) in [5.41, 5.74) is 4.10. The molecule has 3 aliphatic heterocycles. The topological polar surface area (TPSA) is 80.5 Å². The number of aryl methyl sites for hydroxylation is 2. The van der Waals surface area contributed by atoms with Gasteiger partial charge in [0.05, 0.1) is 16.5 Å². The Kier molecular flexibility index (Phi) is 8.01. The van der Waals surface area contributed by atoms with E-state index < -0.39 is 10.8 Å². The molecule has 1 aromatic carbocycles. The van der Waals surface area contributed by atoms with Gasteiger partial charge >= 0.3 is 0 Å². The summed E-state index contributed by atoms with van der Waals surface area (Å²) in [7, 11) is 0. The fraction of sp³-hybridized carbons (Fsp3) is 0.600. The molecule has 0 radical (unpaired) electrons. The molecule has 43 heavy (non-hydrogen) atoms. The van der Waals surface area contributed by atoms with Crippen molar-refractivity contribution in [2.24, 2.45) is 0 Å². The minimum Gasteiger partial charge on any atom is -0.353 e. The van der Waals surface area contributed by atoms with Crippen molar-refractivity contribution in [2.75, 3.05) is 32.7 Å². The number of rotatable bonds is 8. The Balaban J connectivity index is 1.51. The predicted molar refractivity (Wildman–Crippen MR) is 177 cm³/mol. The van der Waals surface area contributed by atoms with Gasteiger partial charge < -0.3 is 20.5 Å². The molecule has 232 valence electrons. The second-order valence-electron chi connectivity index (χ2n) is 14.4. The fourth-order valence-corrected chi connectivity index (χ4v) is 9.03. The highest BCUT2D eigenvalue weighted by molar-refractivity contribution is 7.19. The number of aromatic amines is 1. The summed E-state index contributed by atoms with van der Waals surface area (Å²) in [6, 6.07) is 9.68. The Morgan fingerprint density at radius 3 is 2.16 bits per heavy atom. The Morgan fingerprint density at radius 1 is 0.977 bits per heavy atom. The fourth-order valence-electron chi connectivity index (χ4n) is 7.87. The number of carbonyl (C=O) groups is 2. The minimum absolute atomic E-state index is 0.0272. The molecule has 3 aliphatic rings. The molecule has 3 aromatic rings. The highest BCUT2D eigenvalue weighted by Gasteiger charge is 2.48. The molecule has 5 heterocycles. The van der Waals surface area contributed by atoms with Crippen LogP contribution in [-0.2, 0) is 20.4 Å². The normalized spacial score (nSPS) is 22.5. The minimum atomic E-state index is -0.812. The lowest BCUT2D eigenvalue weighted by Crippen LogP contribution is -2.54. The van der Waals surface area contributed by atoms with Gasteiger partial charge in [0, 0.05) is 66.7 Å². The van der Waals surface area contributed by atoms with E-state index in [1.165, 1.54) is 11.1 Å². The average Bonchev–Trinajstić information content (AvgIpc) is 3.72. The molecule has 3 fully saturated rings. The first-order valence-electron chi connectivity index (χ1n) is 16.2. The maximum absolute atomic E-state index is 14.3. The Hall–Kier alpha value is -2.68. The van der Waals surface area contributed by atoms with Crippen LogP contribution in [0.4, 0.5) is 0 Å². The van der Waals surface area contributed by atoms with E-state index in [0.717, 1.165) is 83.8 Å². The van der Waals surface area contributed by atoms with Crippen LogP contribution in [0.1, 0.15) is 81.9 Å². The second kappa shape index (κ2) is 11.4. The number of piperazine rings is 1. The van der Waals surface area contributed by atoms with Crippen molar-refractivity contribution in [3.05, 3.63) is 45.8 Å². The first-order chi connectivity index (χ1) is 20.4. The largest absolute Gasteiger partial charge is 0.353 e. The maximum Gasteiger partial charge on any atom is 0.233 e. The third-order valence-electron chi connectivity index (χ3n) is 10.1. The van der Waals surface area contributed by atoms with Gasteiger partial charge in [-0.1, -0.05) is 17.2 Å². The van der Waals surface area contributed by atoms with E-state index in [0.29, 0.717) is 18.6 Å². The number of nitrogens with zero attached hydrogens (tertiary/aromatic N) is 2.